The zero-order chi connectivity index (χ0) is 15.4. The Kier molecular flexibility index (Phi) is 4.70. The fourth-order valence-electron chi connectivity index (χ4n) is 2.03. The minimum Gasteiger partial charge on any atom is -0.334 e. The molecule has 0 aliphatic heterocycles. The average molecular weight is 288 g/mol. The van der Waals surface area contributed by atoms with Crippen LogP contribution in [0.2, 0.25) is 0 Å². The molecule has 0 saturated heterocycles. The second-order valence-corrected chi connectivity index (χ2v) is 5.42. The fraction of sp³-hybridized carbons (Fsp3) is 0.400. The molecule has 1 aromatic carbocycles. The van der Waals surface area contributed by atoms with Crippen LogP contribution in [0.15, 0.2) is 28.8 Å². The highest BCUT2D eigenvalue weighted by molar-refractivity contribution is 5.97. The van der Waals surface area contributed by atoms with Crippen LogP contribution in [0.1, 0.15) is 26.1 Å². The highest BCUT2D eigenvalue weighted by Crippen LogP contribution is 2.26. The number of benzene rings is 1. The van der Waals surface area contributed by atoms with Crippen molar-refractivity contribution in [2.75, 3.05) is 5.32 Å². The van der Waals surface area contributed by atoms with Gasteiger partial charge in [0.2, 0.25) is 5.91 Å². The van der Waals surface area contributed by atoms with E-state index in [4.69, 9.17) is 10.3 Å². The standard InChI is InChI=1S/C15H20N4O2/c1-9(2)8-12(16)14(20)18-13-7-5-4-6-11(13)15-17-10(3)19-21-15/h4-7,9,12H,8,16H2,1-3H3,(H,18,20)/t12-/m1/s1. The molecule has 0 aliphatic rings. The summed E-state index contributed by atoms with van der Waals surface area (Å²) < 4.78 is 5.15. The van der Waals surface area contributed by atoms with Crippen molar-refractivity contribution in [1.29, 1.82) is 0 Å². The molecule has 21 heavy (non-hydrogen) atoms. The molecule has 1 amide bonds. The van der Waals surface area contributed by atoms with Crippen molar-refractivity contribution in [3.8, 4) is 11.5 Å². The molecular formula is C15H20N4O2. The smallest absolute Gasteiger partial charge is 0.260 e. The molecule has 112 valence electrons. The number of amides is 1. The minimum absolute atomic E-state index is 0.215. The van der Waals surface area contributed by atoms with Crippen LogP contribution >= 0.6 is 0 Å². The van der Waals surface area contributed by atoms with Gasteiger partial charge < -0.3 is 15.6 Å². The molecule has 0 bridgehead atoms. The van der Waals surface area contributed by atoms with Gasteiger partial charge in [-0.1, -0.05) is 31.1 Å². The lowest BCUT2D eigenvalue weighted by atomic mass is 10.0. The minimum atomic E-state index is -0.539. The lowest BCUT2D eigenvalue weighted by molar-refractivity contribution is -0.117. The molecule has 0 unspecified atom stereocenters. The summed E-state index contributed by atoms with van der Waals surface area (Å²) in [4.78, 5) is 16.3. The monoisotopic (exact) mass is 288 g/mol. The number of rotatable bonds is 5. The zero-order valence-corrected chi connectivity index (χ0v) is 12.5. The van der Waals surface area contributed by atoms with Crippen LogP contribution in [-0.4, -0.2) is 22.1 Å². The highest BCUT2D eigenvalue weighted by atomic mass is 16.5. The SMILES string of the molecule is Cc1noc(-c2ccccc2NC(=O)[C@H](N)CC(C)C)n1. The topological polar surface area (TPSA) is 94.0 Å². The Labute approximate surface area is 123 Å². The number of aromatic nitrogens is 2. The molecule has 3 N–H and O–H groups in total. The van der Waals surface area contributed by atoms with Gasteiger partial charge in [0.25, 0.3) is 5.89 Å². The second-order valence-electron chi connectivity index (χ2n) is 5.42. The lowest BCUT2D eigenvalue weighted by Gasteiger charge is -2.15. The summed E-state index contributed by atoms with van der Waals surface area (Å²) in [5.41, 5.74) is 7.20. The number of hydrogen-bond donors (Lipinski definition) is 2. The van der Waals surface area contributed by atoms with E-state index in [1.807, 2.05) is 32.0 Å². The maximum atomic E-state index is 12.1. The molecule has 2 rings (SSSR count). The highest BCUT2D eigenvalue weighted by Gasteiger charge is 2.18. The predicted molar refractivity (Wildman–Crippen MR) is 80.5 cm³/mol. The summed E-state index contributed by atoms with van der Waals surface area (Å²) in [6.07, 6.45) is 0.633. The van der Waals surface area contributed by atoms with Crippen molar-refractivity contribution in [3.63, 3.8) is 0 Å². The van der Waals surface area contributed by atoms with Gasteiger partial charge in [-0.15, -0.1) is 0 Å². The molecule has 0 fully saturated rings. The Hall–Kier alpha value is -2.21. The van der Waals surface area contributed by atoms with E-state index in [1.54, 1.807) is 13.0 Å². The van der Waals surface area contributed by atoms with Gasteiger partial charge in [0.05, 0.1) is 17.3 Å². The van der Waals surface area contributed by atoms with Crippen LogP contribution < -0.4 is 11.1 Å². The Balaban J connectivity index is 2.19. The Morgan fingerprint density at radius 3 is 2.71 bits per heavy atom. The third-order valence-electron chi connectivity index (χ3n) is 3.01. The number of nitrogens with one attached hydrogen (secondary N) is 1. The van der Waals surface area contributed by atoms with Crippen LogP contribution in [0.25, 0.3) is 11.5 Å². The first-order chi connectivity index (χ1) is 9.97. The maximum absolute atomic E-state index is 12.1. The zero-order valence-electron chi connectivity index (χ0n) is 12.5. The number of hydrogen-bond acceptors (Lipinski definition) is 5. The number of nitrogens with zero attached hydrogens (tertiary/aromatic N) is 2. The molecule has 0 saturated carbocycles. The molecule has 0 spiro atoms. The number of anilines is 1. The largest absolute Gasteiger partial charge is 0.334 e. The van der Waals surface area contributed by atoms with Crippen LogP contribution in [0.3, 0.4) is 0 Å². The molecule has 0 aliphatic carbocycles. The predicted octanol–water partition coefficient (Wildman–Crippen LogP) is 2.36. The first-order valence-electron chi connectivity index (χ1n) is 6.93. The summed E-state index contributed by atoms with van der Waals surface area (Å²) in [6, 6.07) is 6.74. The Morgan fingerprint density at radius 1 is 1.38 bits per heavy atom. The van der Waals surface area contributed by atoms with E-state index in [0.29, 0.717) is 35.3 Å². The average Bonchev–Trinajstić information content (AvgIpc) is 2.85. The van der Waals surface area contributed by atoms with E-state index in [2.05, 4.69) is 15.5 Å². The molecule has 1 atom stereocenters. The summed E-state index contributed by atoms with van der Waals surface area (Å²) >= 11 is 0. The van der Waals surface area contributed by atoms with Crippen LogP contribution in [-0.2, 0) is 4.79 Å². The van der Waals surface area contributed by atoms with Gasteiger partial charge in [-0.3, -0.25) is 4.79 Å². The van der Waals surface area contributed by atoms with Crippen molar-refractivity contribution in [2.24, 2.45) is 11.7 Å². The summed E-state index contributed by atoms with van der Waals surface area (Å²) in [5, 5.41) is 6.60. The normalized spacial score (nSPS) is 12.4. The van der Waals surface area contributed by atoms with E-state index in [9.17, 15) is 4.79 Å². The van der Waals surface area contributed by atoms with E-state index in [1.165, 1.54) is 0 Å². The maximum Gasteiger partial charge on any atom is 0.260 e. The van der Waals surface area contributed by atoms with Gasteiger partial charge in [-0.2, -0.15) is 4.98 Å². The third kappa shape index (κ3) is 3.88. The van der Waals surface area contributed by atoms with Crippen molar-refractivity contribution < 1.29 is 9.32 Å². The fourth-order valence-corrected chi connectivity index (χ4v) is 2.03. The van der Waals surface area contributed by atoms with Gasteiger partial charge >= 0.3 is 0 Å². The molecule has 2 aromatic rings. The molecule has 1 heterocycles. The third-order valence-corrected chi connectivity index (χ3v) is 3.01. The number of para-hydroxylation sites is 1. The van der Waals surface area contributed by atoms with Gasteiger partial charge in [-0.25, -0.2) is 0 Å². The van der Waals surface area contributed by atoms with E-state index in [0.717, 1.165) is 0 Å². The second kappa shape index (κ2) is 6.49. The quantitative estimate of drug-likeness (QED) is 0.880. The van der Waals surface area contributed by atoms with Crippen molar-refractivity contribution in [3.05, 3.63) is 30.1 Å². The van der Waals surface area contributed by atoms with E-state index < -0.39 is 6.04 Å². The molecule has 6 heteroatoms. The Morgan fingerprint density at radius 2 is 2.10 bits per heavy atom. The Bertz CT molecular complexity index is 622. The molecule has 0 radical (unpaired) electrons. The van der Waals surface area contributed by atoms with Crippen molar-refractivity contribution >= 4 is 11.6 Å². The van der Waals surface area contributed by atoms with Crippen molar-refractivity contribution in [1.82, 2.24) is 10.1 Å². The molecule has 1 aromatic heterocycles. The van der Waals surface area contributed by atoms with Crippen LogP contribution in [0.5, 0.6) is 0 Å². The summed E-state index contributed by atoms with van der Waals surface area (Å²) in [6.45, 7) is 5.80. The number of aryl methyl sites for hydroxylation is 1. The van der Waals surface area contributed by atoms with Gasteiger partial charge in [0.15, 0.2) is 5.82 Å². The summed E-state index contributed by atoms with van der Waals surface area (Å²) in [5.74, 6) is 1.07. The van der Waals surface area contributed by atoms with E-state index in [-0.39, 0.29) is 5.91 Å². The number of carbonyl (C=O) groups excluding carboxylic acids is 1. The first kappa shape index (κ1) is 15.2. The van der Waals surface area contributed by atoms with Gasteiger partial charge in [0.1, 0.15) is 0 Å². The lowest BCUT2D eigenvalue weighted by Crippen LogP contribution is -2.36. The van der Waals surface area contributed by atoms with E-state index >= 15 is 0 Å². The van der Waals surface area contributed by atoms with Gasteiger partial charge in [0, 0.05) is 0 Å². The number of carbonyl (C=O) groups is 1. The summed E-state index contributed by atoms with van der Waals surface area (Å²) in [7, 11) is 0. The van der Waals surface area contributed by atoms with Crippen molar-refractivity contribution in [2.45, 2.75) is 33.2 Å². The van der Waals surface area contributed by atoms with Crippen LogP contribution in [0, 0.1) is 12.8 Å². The number of nitrogens with two attached hydrogens (primary N) is 1. The van der Waals surface area contributed by atoms with Gasteiger partial charge in [-0.05, 0) is 31.4 Å². The molecular weight excluding hydrogens is 268 g/mol. The first-order valence-corrected chi connectivity index (χ1v) is 6.93. The van der Waals surface area contributed by atoms with Crippen LogP contribution in [0.4, 0.5) is 5.69 Å². The molecule has 6 nitrogen and oxygen atoms in total.